The number of carboxylic acid groups (broad SMARTS) is 1. The predicted octanol–water partition coefficient (Wildman–Crippen LogP) is 2.73. The van der Waals surface area contributed by atoms with E-state index in [0.717, 1.165) is 5.56 Å². The summed E-state index contributed by atoms with van der Waals surface area (Å²) in [5, 5.41) is 12.0. The number of nitrogen functional groups attached to an aromatic ring is 1. The van der Waals surface area contributed by atoms with Gasteiger partial charge in [-0.2, -0.15) is 0 Å². The number of benzene rings is 1. The van der Waals surface area contributed by atoms with E-state index in [1.807, 2.05) is 0 Å². The van der Waals surface area contributed by atoms with Crippen LogP contribution < -0.4 is 11.1 Å². The summed E-state index contributed by atoms with van der Waals surface area (Å²) in [7, 11) is 0. The normalized spacial score (nSPS) is 10.4. The Bertz CT molecular complexity index is 678. The van der Waals surface area contributed by atoms with Crippen molar-refractivity contribution in [3.8, 4) is 0 Å². The van der Waals surface area contributed by atoms with E-state index in [-0.39, 0.29) is 17.1 Å². The highest BCUT2D eigenvalue weighted by molar-refractivity contribution is 5.96. The molecule has 5 nitrogen and oxygen atoms in total. The number of nitrogens with one attached hydrogen (secondary N) is 1. The third-order valence-electron chi connectivity index (χ3n) is 3.18. The Morgan fingerprint density at radius 2 is 2.00 bits per heavy atom. The van der Waals surface area contributed by atoms with Crippen molar-refractivity contribution in [2.45, 2.75) is 20.4 Å². The largest absolute Gasteiger partial charge is 0.478 e. The average Bonchev–Trinajstić information content (AvgIpc) is 2.43. The molecular formula is C15H16FN3O2. The van der Waals surface area contributed by atoms with Crippen LogP contribution in [0.3, 0.4) is 0 Å². The number of hydrogen-bond donors (Lipinski definition) is 3. The number of carbonyl (C=O) groups is 1. The maximum absolute atomic E-state index is 13.6. The lowest BCUT2D eigenvalue weighted by Gasteiger charge is -2.11. The van der Waals surface area contributed by atoms with Gasteiger partial charge in [-0.05, 0) is 36.6 Å². The maximum Gasteiger partial charge on any atom is 0.337 e. The third-order valence-corrected chi connectivity index (χ3v) is 3.18. The van der Waals surface area contributed by atoms with Gasteiger partial charge in [-0.3, -0.25) is 0 Å². The molecule has 6 heteroatoms. The Kier molecular flexibility index (Phi) is 4.07. The summed E-state index contributed by atoms with van der Waals surface area (Å²) in [6, 6.07) is 4.80. The Labute approximate surface area is 121 Å². The average molecular weight is 289 g/mol. The number of aromatic nitrogens is 1. The number of pyridine rings is 1. The second-order valence-electron chi connectivity index (χ2n) is 4.82. The molecule has 1 aromatic carbocycles. The predicted molar refractivity (Wildman–Crippen MR) is 78.8 cm³/mol. The van der Waals surface area contributed by atoms with Gasteiger partial charge in [0.1, 0.15) is 11.6 Å². The van der Waals surface area contributed by atoms with E-state index in [9.17, 15) is 9.18 Å². The lowest BCUT2D eigenvalue weighted by atomic mass is 10.1. The van der Waals surface area contributed by atoms with Gasteiger partial charge in [0, 0.05) is 12.7 Å². The first-order chi connectivity index (χ1) is 9.90. The number of nitrogens with two attached hydrogens (primary N) is 1. The molecule has 0 atom stereocenters. The quantitative estimate of drug-likeness (QED) is 0.805. The van der Waals surface area contributed by atoms with Gasteiger partial charge in [0.15, 0.2) is 0 Å². The topological polar surface area (TPSA) is 88.2 Å². The zero-order valence-electron chi connectivity index (χ0n) is 11.8. The molecule has 0 saturated carbocycles. The minimum atomic E-state index is -1.11. The highest BCUT2D eigenvalue weighted by Crippen LogP contribution is 2.21. The Hall–Kier alpha value is -2.63. The molecule has 0 aliphatic rings. The molecule has 110 valence electrons. The van der Waals surface area contributed by atoms with Crippen molar-refractivity contribution < 1.29 is 14.3 Å². The van der Waals surface area contributed by atoms with Crippen molar-refractivity contribution in [3.05, 3.63) is 52.5 Å². The van der Waals surface area contributed by atoms with Crippen molar-refractivity contribution >= 4 is 17.5 Å². The van der Waals surface area contributed by atoms with Crippen LogP contribution in [0.25, 0.3) is 0 Å². The molecule has 0 spiro atoms. The van der Waals surface area contributed by atoms with Gasteiger partial charge in [0.05, 0.1) is 11.3 Å². The third kappa shape index (κ3) is 3.10. The molecule has 0 amide bonds. The van der Waals surface area contributed by atoms with Gasteiger partial charge in [0.2, 0.25) is 0 Å². The highest BCUT2D eigenvalue weighted by Gasteiger charge is 2.12. The molecule has 2 rings (SSSR count). The minimum Gasteiger partial charge on any atom is -0.478 e. The number of aromatic carboxylic acids is 1. The fourth-order valence-corrected chi connectivity index (χ4v) is 2.12. The molecule has 2 aromatic rings. The first-order valence-corrected chi connectivity index (χ1v) is 6.37. The lowest BCUT2D eigenvalue weighted by Crippen LogP contribution is -2.09. The SMILES string of the molecule is Cc1cc(CNc2nccc(C(=O)O)c2N)cc(C)c1F. The summed E-state index contributed by atoms with van der Waals surface area (Å²) in [5.41, 5.74) is 7.84. The van der Waals surface area contributed by atoms with E-state index in [1.165, 1.54) is 12.3 Å². The molecule has 1 heterocycles. The van der Waals surface area contributed by atoms with E-state index in [2.05, 4.69) is 10.3 Å². The molecule has 1 aromatic heterocycles. The van der Waals surface area contributed by atoms with E-state index in [4.69, 9.17) is 10.8 Å². The van der Waals surface area contributed by atoms with Crippen LogP contribution in [-0.2, 0) is 6.54 Å². The van der Waals surface area contributed by atoms with Crippen molar-refractivity contribution in [1.29, 1.82) is 0 Å². The summed E-state index contributed by atoms with van der Waals surface area (Å²) in [4.78, 5) is 15.0. The monoisotopic (exact) mass is 289 g/mol. The number of hydrogen-bond acceptors (Lipinski definition) is 4. The number of nitrogens with zero attached hydrogens (tertiary/aromatic N) is 1. The Morgan fingerprint density at radius 3 is 2.57 bits per heavy atom. The zero-order valence-corrected chi connectivity index (χ0v) is 11.8. The second kappa shape index (κ2) is 5.78. The van der Waals surface area contributed by atoms with Crippen molar-refractivity contribution in [1.82, 2.24) is 4.98 Å². The molecule has 21 heavy (non-hydrogen) atoms. The summed E-state index contributed by atoms with van der Waals surface area (Å²) in [5.74, 6) is -1.02. The van der Waals surface area contributed by atoms with Crippen LogP contribution in [-0.4, -0.2) is 16.1 Å². The molecule has 0 unspecified atom stereocenters. The number of aryl methyl sites for hydroxylation is 2. The molecule has 0 radical (unpaired) electrons. The standard InChI is InChI=1S/C15H16FN3O2/c1-8-5-10(6-9(2)12(8)16)7-19-14-13(17)11(15(20)21)3-4-18-14/h3-6H,7,17H2,1-2H3,(H,18,19)(H,20,21). The van der Waals surface area contributed by atoms with Gasteiger partial charge in [-0.15, -0.1) is 0 Å². The second-order valence-corrected chi connectivity index (χ2v) is 4.82. The fraction of sp³-hybridized carbons (Fsp3) is 0.200. The van der Waals surface area contributed by atoms with Gasteiger partial charge >= 0.3 is 5.97 Å². The van der Waals surface area contributed by atoms with Crippen molar-refractivity contribution in [2.75, 3.05) is 11.1 Å². The van der Waals surface area contributed by atoms with Gasteiger partial charge in [-0.25, -0.2) is 14.2 Å². The zero-order chi connectivity index (χ0) is 15.6. The van der Waals surface area contributed by atoms with E-state index < -0.39 is 5.97 Å². The Balaban J connectivity index is 2.21. The van der Waals surface area contributed by atoms with Crippen molar-refractivity contribution in [3.63, 3.8) is 0 Å². The van der Waals surface area contributed by atoms with Crippen LogP contribution >= 0.6 is 0 Å². The molecule has 0 aliphatic carbocycles. The van der Waals surface area contributed by atoms with E-state index >= 15 is 0 Å². The molecule has 0 saturated heterocycles. The first kappa shape index (κ1) is 14.8. The van der Waals surface area contributed by atoms with E-state index in [0.29, 0.717) is 23.5 Å². The van der Waals surface area contributed by atoms with Crippen LogP contribution in [0.15, 0.2) is 24.4 Å². The molecule has 4 N–H and O–H groups in total. The lowest BCUT2D eigenvalue weighted by molar-refractivity contribution is 0.0698. The summed E-state index contributed by atoms with van der Waals surface area (Å²) < 4.78 is 13.6. The Morgan fingerprint density at radius 1 is 1.38 bits per heavy atom. The minimum absolute atomic E-state index is 0.000956. The summed E-state index contributed by atoms with van der Waals surface area (Å²) in [6.07, 6.45) is 1.38. The fourth-order valence-electron chi connectivity index (χ4n) is 2.12. The number of halogens is 1. The molecule has 0 fully saturated rings. The molecular weight excluding hydrogens is 273 g/mol. The van der Waals surface area contributed by atoms with Gasteiger partial charge < -0.3 is 16.2 Å². The van der Waals surface area contributed by atoms with Crippen LogP contribution in [0.4, 0.5) is 15.9 Å². The number of carboxylic acids is 1. The van der Waals surface area contributed by atoms with Crippen LogP contribution in [0.1, 0.15) is 27.0 Å². The van der Waals surface area contributed by atoms with Gasteiger partial charge in [-0.1, -0.05) is 12.1 Å². The van der Waals surface area contributed by atoms with Crippen LogP contribution in [0.5, 0.6) is 0 Å². The maximum atomic E-state index is 13.6. The number of anilines is 2. The smallest absolute Gasteiger partial charge is 0.337 e. The van der Waals surface area contributed by atoms with Gasteiger partial charge in [0.25, 0.3) is 0 Å². The van der Waals surface area contributed by atoms with E-state index in [1.54, 1.807) is 26.0 Å². The van der Waals surface area contributed by atoms with Crippen LogP contribution in [0, 0.1) is 19.7 Å². The molecule has 0 aliphatic heterocycles. The molecule has 0 bridgehead atoms. The number of rotatable bonds is 4. The van der Waals surface area contributed by atoms with Crippen LogP contribution in [0.2, 0.25) is 0 Å². The summed E-state index contributed by atoms with van der Waals surface area (Å²) in [6.45, 7) is 3.77. The first-order valence-electron chi connectivity index (χ1n) is 6.37. The summed E-state index contributed by atoms with van der Waals surface area (Å²) >= 11 is 0. The highest BCUT2D eigenvalue weighted by atomic mass is 19.1. The van der Waals surface area contributed by atoms with Crippen molar-refractivity contribution in [2.24, 2.45) is 0 Å².